The molecule has 0 N–H and O–H groups in total. The van der Waals surface area contributed by atoms with E-state index in [0.717, 1.165) is 10.0 Å². The zero-order valence-corrected chi connectivity index (χ0v) is 12.9. The molecule has 0 heterocycles. The Kier molecular flexibility index (Phi) is 5.08. The van der Waals surface area contributed by atoms with Crippen molar-refractivity contribution in [1.82, 2.24) is 0 Å². The van der Waals surface area contributed by atoms with Gasteiger partial charge in [-0.25, -0.2) is 4.39 Å². The van der Waals surface area contributed by atoms with Crippen molar-refractivity contribution in [3.8, 4) is 5.75 Å². The minimum Gasteiger partial charge on any atom is -0.487 e. The van der Waals surface area contributed by atoms with Gasteiger partial charge in [0.25, 0.3) is 0 Å². The van der Waals surface area contributed by atoms with Crippen molar-refractivity contribution in [1.29, 1.82) is 0 Å². The lowest BCUT2D eigenvalue weighted by Crippen LogP contribution is -1.99. The van der Waals surface area contributed by atoms with Crippen LogP contribution in [0.4, 0.5) is 4.39 Å². The molecule has 0 unspecified atom stereocenters. The highest BCUT2D eigenvalue weighted by Crippen LogP contribution is 2.31. The van der Waals surface area contributed by atoms with Gasteiger partial charge in [-0.2, -0.15) is 0 Å². The van der Waals surface area contributed by atoms with Crippen LogP contribution in [0.25, 0.3) is 0 Å². The molecule has 0 amide bonds. The third kappa shape index (κ3) is 3.62. The van der Waals surface area contributed by atoms with Crippen LogP contribution in [0, 0.1) is 5.82 Å². The van der Waals surface area contributed by atoms with Crippen LogP contribution >= 0.6 is 39.1 Å². The number of para-hydroxylation sites is 1. The lowest BCUT2D eigenvalue weighted by atomic mass is 10.2. The zero-order valence-electron chi connectivity index (χ0n) is 9.80. The van der Waals surface area contributed by atoms with E-state index < -0.39 is 5.82 Å². The zero-order chi connectivity index (χ0) is 13.8. The first-order valence-electron chi connectivity index (χ1n) is 5.52. The second-order valence-corrected chi connectivity index (χ2v) is 5.43. The molecule has 0 saturated heterocycles. The van der Waals surface area contributed by atoms with E-state index >= 15 is 0 Å². The highest BCUT2D eigenvalue weighted by atomic mass is 79.9. The Bertz CT molecular complexity index is 590. The van der Waals surface area contributed by atoms with Gasteiger partial charge in [0.1, 0.15) is 18.2 Å². The Balaban J connectivity index is 2.16. The molecule has 19 heavy (non-hydrogen) atoms. The van der Waals surface area contributed by atoms with Crippen LogP contribution in [-0.4, -0.2) is 0 Å². The molecule has 0 aliphatic carbocycles. The topological polar surface area (TPSA) is 9.23 Å². The highest BCUT2D eigenvalue weighted by Gasteiger charge is 2.08. The van der Waals surface area contributed by atoms with Gasteiger partial charge >= 0.3 is 0 Å². The first-order valence-corrected chi connectivity index (χ1v) is 7.22. The largest absolute Gasteiger partial charge is 0.487 e. The van der Waals surface area contributed by atoms with E-state index in [1.54, 1.807) is 6.07 Å². The lowest BCUT2D eigenvalue weighted by molar-refractivity contribution is 0.301. The summed E-state index contributed by atoms with van der Waals surface area (Å²) in [5, 5.41) is 0.103. The summed E-state index contributed by atoms with van der Waals surface area (Å²) in [6, 6.07) is 10.2. The maximum Gasteiger partial charge on any atom is 0.142 e. The van der Waals surface area contributed by atoms with Crippen LogP contribution in [0.1, 0.15) is 11.1 Å². The molecule has 0 aliphatic rings. The minimum absolute atomic E-state index is 0.103. The molecule has 0 aliphatic heterocycles. The van der Waals surface area contributed by atoms with Crippen LogP contribution in [0.3, 0.4) is 0 Å². The molecule has 0 radical (unpaired) electrons. The van der Waals surface area contributed by atoms with Gasteiger partial charge in [0.15, 0.2) is 0 Å². The maximum atomic E-state index is 13.3. The number of hydrogen-bond donors (Lipinski definition) is 0. The number of ether oxygens (including phenoxy) is 1. The smallest absolute Gasteiger partial charge is 0.142 e. The van der Waals surface area contributed by atoms with Gasteiger partial charge in [0.05, 0.1) is 15.4 Å². The Morgan fingerprint density at radius 2 is 2.00 bits per heavy atom. The quantitative estimate of drug-likeness (QED) is 0.646. The third-order valence-electron chi connectivity index (χ3n) is 2.56. The summed E-state index contributed by atoms with van der Waals surface area (Å²) >= 11 is 14.9. The molecular weight excluding hydrogens is 354 g/mol. The van der Waals surface area contributed by atoms with E-state index in [9.17, 15) is 4.39 Å². The third-order valence-corrected chi connectivity index (χ3v) is 3.78. The number of halogens is 4. The van der Waals surface area contributed by atoms with E-state index in [0.29, 0.717) is 17.2 Å². The fourth-order valence-electron chi connectivity index (χ4n) is 1.61. The maximum absolute atomic E-state index is 13.3. The van der Waals surface area contributed by atoms with Gasteiger partial charge in [0, 0.05) is 5.56 Å². The van der Waals surface area contributed by atoms with Crippen LogP contribution in [0.2, 0.25) is 5.02 Å². The van der Waals surface area contributed by atoms with Gasteiger partial charge in [-0.3, -0.25) is 0 Å². The molecular formula is C14H10BrCl2FO. The first-order chi connectivity index (χ1) is 9.11. The van der Waals surface area contributed by atoms with E-state index in [2.05, 4.69) is 15.9 Å². The number of hydrogen-bond acceptors (Lipinski definition) is 1. The number of benzene rings is 2. The van der Waals surface area contributed by atoms with Gasteiger partial charge in [-0.1, -0.05) is 29.8 Å². The highest BCUT2D eigenvalue weighted by molar-refractivity contribution is 9.10. The van der Waals surface area contributed by atoms with Gasteiger partial charge in [-0.15, -0.1) is 11.6 Å². The van der Waals surface area contributed by atoms with E-state index in [-0.39, 0.29) is 11.6 Å². The second kappa shape index (κ2) is 6.60. The van der Waals surface area contributed by atoms with Crippen LogP contribution in [0.15, 0.2) is 40.9 Å². The molecule has 0 atom stereocenters. The molecule has 2 rings (SSSR count). The fraction of sp³-hybridized carbons (Fsp3) is 0.143. The lowest BCUT2D eigenvalue weighted by Gasteiger charge is -2.12. The SMILES string of the molecule is Fc1cc(COc2c(Br)cccc2CCl)ccc1Cl. The molecule has 0 spiro atoms. The molecule has 2 aromatic carbocycles. The summed E-state index contributed by atoms with van der Waals surface area (Å²) in [5.74, 6) is 0.573. The monoisotopic (exact) mass is 362 g/mol. The average Bonchev–Trinajstić information content (AvgIpc) is 2.41. The van der Waals surface area contributed by atoms with Crippen LogP contribution in [-0.2, 0) is 12.5 Å². The number of rotatable bonds is 4. The summed E-state index contributed by atoms with van der Waals surface area (Å²) in [6.45, 7) is 0.251. The van der Waals surface area contributed by atoms with E-state index in [1.807, 2.05) is 18.2 Å². The first kappa shape index (κ1) is 14.6. The molecule has 1 nitrogen and oxygen atoms in total. The number of alkyl halides is 1. The van der Waals surface area contributed by atoms with Crippen molar-refractivity contribution >= 4 is 39.1 Å². The molecule has 0 bridgehead atoms. The Morgan fingerprint density at radius 1 is 1.21 bits per heavy atom. The Labute approximate surface area is 129 Å². The van der Waals surface area contributed by atoms with Gasteiger partial charge in [0.2, 0.25) is 0 Å². The van der Waals surface area contributed by atoms with E-state index in [4.69, 9.17) is 27.9 Å². The predicted molar refractivity (Wildman–Crippen MR) is 79.4 cm³/mol. The average molecular weight is 364 g/mol. The van der Waals surface area contributed by atoms with Crippen molar-refractivity contribution in [3.63, 3.8) is 0 Å². The second-order valence-electron chi connectivity index (χ2n) is 3.90. The normalized spacial score (nSPS) is 10.5. The van der Waals surface area contributed by atoms with Crippen LogP contribution < -0.4 is 4.74 Å². The molecule has 2 aromatic rings. The van der Waals surface area contributed by atoms with Gasteiger partial charge < -0.3 is 4.74 Å². The summed E-state index contributed by atoms with van der Waals surface area (Å²) < 4.78 is 19.8. The van der Waals surface area contributed by atoms with Gasteiger partial charge in [-0.05, 0) is 39.7 Å². The Hall–Kier alpha value is -0.770. The summed E-state index contributed by atoms with van der Waals surface area (Å²) in [5.41, 5.74) is 1.59. The van der Waals surface area contributed by atoms with Crippen LogP contribution in [0.5, 0.6) is 5.75 Å². The molecule has 0 aromatic heterocycles. The minimum atomic E-state index is -0.451. The van der Waals surface area contributed by atoms with Crippen molar-refractivity contribution in [3.05, 3.63) is 62.8 Å². The molecule has 0 saturated carbocycles. The summed E-state index contributed by atoms with van der Waals surface area (Å²) in [7, 11) is 0. The van der Waals surface area contributed by atoms with Crippen molar-refractivity contribution in [2.75, 3.05) is 0 Å². The standard InChI is InChI=1S/C14H10BrCl2FO/c15-11-3-1-2-10(7-16)14(11)19-8-9-4-5-12(17)13(18)6-9/h1-6H,7-8H2. The molecule has 100 valence electrons. The predicted octanol–water partition coefficient (Wildman–Crippen LogP) is 5.56. The Morgan fingerprint density at radius 3 is 2.68 bits per heavy atom. The molecule has 5 heteroatoms. The van der Waals surface area contributed by atoms with Crippen molar-refractivity contribution in [2.45, 2.75) is 12.5 Å². The summed E-state index contributed by atoms with van der Waals surface area (Å²) in [6.07, 6.45) is 0. The van der Waals surface area contributed by atoms with Crippen molar-refractivity contribution < 1.29 is 9.13 Å². The summed E-state index contributed by atoms with van der Waals surface area (Å²) in [4.78, 5) is 0. The van der Waals surface area contributed by atoms with E-state index in [1.165, 1.54) is 12.1 Å². The molecule has 0 fully saturated rings. The fourth-order valence-corrected chi connectivity index (χ4v) is 2.46. The van der Waals surface area contributed by atoms with Crippen molar-refractivity contribution in [2.24, 2.45) is 0 Å².